The molecule has 6 nitrogen and oxygen atoms in total. The van der Waals surface area contributed by atoms with Gasteiger partial charge in [-0.15, -0.1) is 0 Å². The zero-order valence-electron chi connectivity index (χ0n) is 16.7. The van der Waals surface area contributed by atoms with Crippen LogP contribution in [0.25, 0.3) is 16.7 Å². The number of rotatable bonds is 3. The van der Waals surface area contributed by atoms with Gasteiger partial charge in [-0.2, -0.15) is 5.10 Å². The van der Waals surface area contributed by atoms with Crippen molar-refractivity contribution in [1.29, 1.82) is 0 Å². The molecule has 4 rings (SSSR count). The minimum absolute atomic E-state index is 0.132. The number of benzene rings is 1. The Morgan fingerprint density at radius 2 is 1.90 bits per heavy atom. The van der Waals surface area contributed by atoms with Gasteiger partial charge in [0.2, 0.25) is 0 Å². The Kier molecular flexibility index (Phi) is 5.27. The third kappa shape index (κ3) is 3.60. The molecular weight excluding hydrogens is 393 g/mol. The second-order valence-corrected chi connectivity index (χ2v) is 7.99. The van der Waals surface area contributed by atoms with E-state index in [-0.39, 0.29) is 17.8 Å². The quantitative estimate of drug-likeness (QED) is 0.654. The van der Waals surface area contributed by atoms with Crippen molar-refractivity contribution in [1.82, 2.24) is 24.6 Å². The Bertz CT molecular complexity index is 1060. The first-order chi connectivity index (χ1) is 13.9. The molecule has 0 radical (unpaired) electrons. The number of fused-ring (bicyclic) bond motifs is 1. The number of nitrogens with zero attached hydrogens (tertiary/aromatic N) is 5. The molecule has 0 atom stereocenters. The number of hydrogen-bond acceptors (Lipinski definition) is 4. The van der Waals surface area contributed by atoms with Crippen molar-refractivity contribution in [3.63, 3.8) is 0 Å². The minimum atomic E-state index is -0.322. The van der Waals surface area contributed by atoms with Crippen LogP contribution < -0.4 is 0 Å². The number of amides is 1. The van der Waals surface area contributed by atoms with Crippen LogP contribution in [0.2, 0.25) is 5.02 Å². The zero-order valence-corrected chi connectivity index (χ0v) is 17.4. The van der Waals surface area contributed by atoms with Gasteiger partial charge in [-0.05, 0) is 64.2 Å². The van der Waals surface area contributed by atoms with Crippen molar-refractivity contribution < 1.29 is 9.18 Å². The number of carbonyl (C=O) groups is 1. The summed E-state index contributed by atoms with van der Waals surface area (Å²) in [5, 5.41) is 5.50. The molecule has 1 aliphatic heterocycles. The van der Waals surface area contributed by atoms with Gasteiger partial charge >= 0.3 is 0 Å². The van der Waals surface area contributed by atoms with E-state index in [0.717, 1.165) is 25.9 Å². The maximum Gasteiger partial charge on any atom is 0.256 e. The number of piperidine rings is 1. The van der Waals surface area contributed by atoms with Crippen LogP contribution in [0.15, 0.2) is 30.5 Å². The monoisotopic (exact) mass is 415 g/mol. The lowest BCUT2D eigenvalue weighted by atomic mass is 10.0. The molecule has 0 spiro atoms. The smallest absolute Gasteiger partial charge is 0.256 e. The molecule has 1 amide bonds. The van der Waals surface area contributed by atoms with Gasteiger partial charge in [0, 0.05) is 19.3 Å². The van der Waals surface area contributed by atoms with E-state index in [0.29, 0.717) is 33.0 Å². The molecule has 1 fully saturated rings. The number of aromatic nitrogens is 3. The number of likely N-dealkylation sites (tertiary alicyclic amines) is 1. The SMILES string of the molecule is Cc1nn(-c2ccc(F)cc2)c2ncc(C(=O)N(C)C3CCN(C)CC3)c(Cl)c12. The van der Waals surface area contributed by atoms with Gasteiger partial charge in [-0.25, -0.2) is 14.1 Å². The molecule has 0 saturated carbocycles. The van der Waals surface area contributed by atoms with E-state index >= 15 is 0 Å². The molecule has 8 heteroatoms. The average molecular weight is 416 g/mol. The van der Waals surface area contributed by atoms with Crippen molar-refractivity contribution in [2.24, 2.45) is 0 Å². The molecule has 29 heavy (non-hydrogen) atoms. The van der Waals surface area contributed by atoms with Crippen LogP contribution in [0.1, 0.15) is 28.9 Å². The standard InChI is InChI=1S/C21H23ClFN5O/c1-13-18-19(22)17(21(29)27(3)15-8-10-26(2)11-9-15)12-24-20(18)28(25-13)16-6-4-14(23)5-7-16/h4-7,12,15H,8-11H2,1-3H3. The molecule has 0 N–H and O–H groups in total. The van der Waals surface area contributed by atoms with Gasteiger partial charge in [-0.3, -0.25) is 4.79 Å². The van der Waals surface area contributed by atoms with E-state index in [9.17, 15) is 9.18 Å². The fraction of sp³-hybridized carbons (Fsp3) is 0.381. The number of halogens is 2. The third-order valence-corrected chi connectivity index (χ3v) is 6.06. The van der Waals surface area contributed by atoms with Gasteiger partial charge in [0.25, 0.3) is 5.91 Å². The molecule has 152 valence electrons. The molecule has 3 aromatic rings. The van der Waals surface area contributed by atoms with Gasteiger partial charge in [0.15, 0.2) is 5.65 Å². The highest BCUT2D eigenvalue weighted by atomic mass is 35.5. The van der Waals surface area contributed by atoms with E-state index in [2.05, 4.69) is 22.0 Å². The van der Waals surface area contributed by atoms with Crippen LogP contribution in [0.4, 0.5) is 4.39 Å². The summed E-state index contributed by atoms with van der Waals surface area (Å²) in [6.07, 6.45) is 3.39. The van der Waals surface area contributed by atoms with Crippen molar-refractivity contribution in [2.45, 2.75) is 25.8 Å². The molecule has 2 aromatic heterocycles. The summed E-state index contributed by atoms with van der Waals surface area (Å²) < 4.78 is 14.9. The van der Waals surface area contributed by atoms with Crippen LogP contribution in [0.5, 0.6) is 0 Å². The van der Waals surface area contributed by atoms with Crippen LogP contribution in [-0.2, 0) is 0 Å². The van der Waals surface area contributed by atoms with Crippen LogP contribution in [-0.4, -0.2) is 63.7 Å². The maximum absolute atomic E-state index is 13.3. The van der Waals surface area contributed by atoms with E-state index in [4.69, 9.17) is 11.6 Å². The zero-order chi connectivity index (χ0) is 20.7. The molecule has 0 aliphatic carbocycles. The lowest BCUT2D eigenvalue weighted by molar-refractivity contribution is 0.0659. The molecule has 3 heterocycles. The number of carbonyl (C=O) groups excluding carboxylic acids is 1. The summed E-state index contributed by atoms with van der Waals surface area (Å²) in [6.45, 7) is 3.76. The van der Waals surface area contributed by atoms with Gasteiger partial charge < -0.3 is 9.80 Å². The highest BCUT2D eigenvalue weighted by Gasteiger charge is 2.27. The molecule has 1 aromatic carbocycles. The first kappa shape index (κ1) is 19.8. The van der Waals surface area contributed by atoms with Crippen molar-refractivity contribution in [3.8, 4) is 5.69 Å². The predicted octanol–water partition coefficient (Wildman–Crippen LogP) is 3.69. The van der Waals surface area contributed by atoms with Crippen molar-refractivity contribution >= 4 is 28.5 Å². The lowest BCUT2D eigenvalue weighted by Gasteiger charge is -2.35. The van der Waals surface area contributed by atoms with Crippen molar-refractivity contribution in [2.75, 3.05) is 27.2 Å². The Balaban J connectivity index is 1.70. The first-order valence-corrected chi connectivity index (χ1v) is 10.00. The highest BCUT2D eigenvalue weighted by Crippen LogP contribution is 2.31. The number of hydrogen-bond donors (Lipinski definition) is 0. The summed E-state index contributed by atoms with van der Waals surface area (Å²) >= 11 is 6.66. The number of pyridine rings is 1. The molecule has 0 unspecified atom stereocenters. The van der Waals surface area contributed by atoms with Crippen LogP contribution in [0.3, 0.4) is 0 Å². The third-order valence-electron chi connectivity index (χ3n) is 5.67. The van der Waals surface area contributed by atoms with Crippen molar-refractivity contribution in [3.05, 3.63) is 52.6 Å². The van der Waals surface area contributed by atoms with Gasteiger partial charge in [0.05, 0.1) is 27.4 Å². The molecule has 1 aliphatic rings. The molecule has 1 saturated heterocycles. The maximum atomic E-state index is 13.3. The average Bonchev–Trinajstić information content (AvgIpc) is 3.06. The highest BCUT2D eigenvalue weighted by molar-refractivity contribution is 6.38. The van der Waals surface area contributed by atoms with Gasteiger partial charge in [-0.1, -0.05) is 11.6 Å². The predicted molar refractivity (Wildman–Crippen MR) is 111 cm³/mol. The summed E-state index contributed by atoms with van der Waals surface area (Å²) in [6, 6.07) is 6.18. The largest absolute Gasteiger partial charge is 0.339 e. The first-order valence-electron chi connectivity index (χ1n) is 9.62. The van der Waals surface area contributed by atoms with E-state index in [1.54, 1.807) is 21.7 Å². The minimum Gasteiger partial charge on any atom is -0.339 e. The van der Waals surface area contributed by atoms with Crippen LogP contribution in [0, 0.1) is 12.7 Å². The fourth-order valence-corrected chi connectivity index (χ4v) is 4.21. The summed E-state index contributed by atoms with van der Waals surface area (Å²) in [5.41, 5.74) is 2.26. The van der Waals surface area contributed by atoms with E-state index in [1.807, 2.05) is 14.0 Å². The summed E-state index contributed by atoms with van der Waals surface area (Å²) in [4.78, 5) is 21.7. The molecular formula is C21H23ClFN5O. The Morgan fingerprint density at radius 3 is 2.55 bits per heavy atom. The van der Waals surface area contributed by atoms with Crippen LogP contribution >= 0.6 is 11.6 Å². The second kappa shape index (κ2) is 7.72. The Labute approximate surface area is 173 Å². The lowest BCUT2D eigenvalue weighted by Crippen LogP contribution is -2.44. The Morgan fingerprint density at radius 1 is 1.24 bits per heavy atom. The second-order valence-electron chi connectivity index (χ2n) is 7.61. The molecule has 0 bridgehead atoms. The van der Waals surface area contributed by atoms with E-state index < -0.39 is 0 Å². The van der Waals surface area contributed by atoms with Gasteiger partial charge in [0.1, 0.15) is 5.82 Å². The summed E-state index contributed by atoms with van der Waals surface area (Å²) in [5.74, 6) is -0.453. The fourth-order valence-electron chi connectivity index (χ4n) is 3.86. The topological polar surface area (TPSA) is 54.3 Å². The van der Waals surface area contributed by atoms with E-state index in [1.165, 1.54) is 18.3 Å². The normalized spacial score (nSPS) is 15.8. The Hall–Kier alpha value is -2.51. The summed E-state index contributed by atoms with van der Waals surface area (Å²) in [7, 11) is 3.92. The number of aryl methyl sites for hydroxylation is 1.